The number of nitrogens with two attached hydrogens (primary N) is 1. The lowest BCUT2D eigenvalue weighted by Gasteiger charge is -2.14. The van der Waals surface area contributed by atoms with Crippen LogP contribution in [0.1, 0.15) is 34.8 Å². The molecule has 4 nitrogen and oxygen atoms in total. The number of aromatic carboxylic acids is 1. The normalized spacial score (nSPS) is 17.1. The molecule has 1 aliphatic carbocycles. The third-order valence-electron chi connectivity index (χ3n) is 2.82. The van der Waals surface area contributed by atoms with Crippen LogP contribution < -0.4 is 5.73 Å². The van der Waals surface area contributed by atoms with Crippen molar-refractivity contribution in [3.63, 3.8) is 0 Å². The first-order valence-electron chi connectivity index (χ1n) is 5.02. The van der Waals surface area contributed by atoms with Crippen LogP contribution in [0.4, 0.5) is 4.39 Å². The summed E-state index contributed by atoms with van der Waals surface area (Å²) in [5.41, 5.74) is 5.56. The van der Waals surface area contributed by atoms with E-state index in [2.05, 4.69) is 0 Å². The second-order valence-electron chi connectivity index (χ2n) is 4.06. The Morgan fingerprint density at radius 2 is 2.12 bits per heavy atom. The van der Waals surface area contributed by atoms with Crippen LogP contribution in [-0.2, 0) is 0 Å². The molecule has 0 unspecified atom stereocenters. The lowest BCUT2D eigenvalue weighted by molar-refractivity contribution is 0.0693. The van der Waals surface area contributed by atoms with Gasteiger partial charge in [-0.3, -0.25) is 0 Å². The van der Waals surface area contributed by atoms with E-state index in [1.165, 1.54) is 0 Å². The van der Waals surface area contributed by atoms with Crippen molar-refractivity contribution in [2.75, 3.05) is 0 Å². The Kier molecular flexibility index (Phi) is 2.55. The SMILES string of the molecule is N[C@@H](c1cc(F)cc(C(=O)O)c1O)C1CC1. The summed E-state index contributed by atoms with van der Waals surface area (Å²) in [6.45, 7) is 0. The molecule has 1 fully saturated rings. The summed E-state index contributed by atoms with van der Waals surface area (Å²) in [5, 5.41) is 18.5. The minimum absolute atomic E-state index is 0.180. The zero-order valence-corrected chi connectivity index (χ0v) is 8.48. The molecule has 0 spiro atoms. The van der Waals surface area contributed by atoms with E-state index in [1.54, 1.807) is 0 Å². The number of rotatable bonds is 3. The number of phenols is 1. The third-order valence-corrected chi connectivity index (χ3v) is 2.82. The van der Waals surface area contributed by atoms with Gasteiger partial charge in [0.2, 0.25) is 0 Å². The van der Waals surface area contributed by atoms with E-state index in [1.807, 2.05) is 0 Å². The van der Waals surface area contributed by atoms with E-state index >= 15 is 0 Å². The maximum atomic E-state index is 13.2. The van der Waals surface area contributed by atoms with E-state index < -0.39 is 29.1 Å². The monoisotopic (exact) mass is 225 g/mol. The summed E-state index contributed by atoms with van der Waals surface area (Å²) in [6.07, 6.45) is 1.86. The molecule has 0 heterocycles. The van der Waals surface area contributed by atoms with Crippen molar-refractivity contribution in [3.05, 3.63) is 29.1 Å². The van der Waals surface area contributed by atoms with Crippen LogP contribution in [0, 0.1) is 11.7 Å². The van der Waals surface area contributed by atoms with Crippen molar-refractivity contribution < 1.29 is 19.4 Å². The van der Waals surface area contributed by atoms with Crippen LogP contribution in [-0.4, -0.2) is 16.2 Å². The molecule has 1 aromatic carbocycles. The summed E-state index contributed by atoms with van der Waals surface area (Å²) >= 11 is 0. The van der Waals surface area contributed by atoms with Crippen molar-refractivity contribution >= 4 is 5.97 Å². The second kappa shape index (κ2) is 3.75. The molecule has 86 valence electrons. The highest BCUT2D eigenvalue weighted by atomic mass is 19.1. The standard InChI is InChI=1S/C11H12FNO3/c12-6-3-7(9(13)5-1-2-5)10(14)8(4-6)11(15)16/h3-5,9,14H,1-2,13H2,(H,15,16)/t9-/m1/s1. The molecule has 0 aliphatic heterocycles. The van der Waals surface area contributed by atoms with Crippen LogP contribution in [0.2, 0.25) is 0 Å². The molecular weight excluding hydrogens is 213 g/mol. The highest BCUT2D eigenvalue weighted by Gasteiger charge is 2.32. The molecule has 1 atom stereocenters. The van der Waals surface area contributed by atoms with Crippen molar-refractivity contribution in [2.24, 2.45) is 11.7 Å². The third kappa shape index (κ3) is 1.86. The Balaban J connectivity index is 2.47. The maximum absolute atomic E-state index is 13.2. The van der Waals surface area contributed by atoms with Gasteiger partial charge in [0.05, 0.1) is 0 Å². The van der Waals surface area contributed by atoms with Crippen LogP contribution in [0.25, 0.3) is 0 Å². The van der Waals surface area contributed by atoms with Gasteiger partial charge in [0, 0.05) is 11.6 Å². The van der Waals surface area contributed by atoms with Gasteiger partial charge in [0.1, 0.15) is 17.1 Å². The van der Waals surface area contributed by atoms with Crippen LogP contribution in [0.5, 0.6) is 5.75 Å². The van der Waals surface area contributed by atoms with Crippen molar-refractivity contribution in [1.29, 1.82) is 0 Å². The van der Waals surface area contributed by atoms with Gasteiger partial charge < -0.3 is 15.9 Å². The number of carboxylic acid groups (broad SMARTS) is 1. The average molecular weight is 225 g/mol. The van der Waals surface area contributed by atoms with Crippen LogP contribution in [0.3, 0.4) is 0 Å². The van der Waals surface area contributed by atoms with E-state index in [0.29, 0.717) is 0 Å². The Morgan fingerprint density at radius 3 is 2.62 bits per heavy atom. The molecule has 0 amide bonds. The number of benzene rings is 1. The van der Waals surface area contributed by atoms with Gasteiger partial charge in [0.25, 0.3) is 0 Å². The first-order valence-corrected chi connectivity index (χ1v) is 5.02. The number of hydrogen-bond acceptors (Lipinski definition) is 3. The molecule has 1 aliphatic rings. The number of hydrogen-bond donors (Lipinski definition) is 3. The Hall–Kier alpha value is -1.62. The first kappa shape index (κ1) is 10.9. The van der Waals surface area contributed by atoms with Gasteiger partial charge >= 0.3 is 5.97 Å². The summed E-state index contributed by atoms with van der Waals surface area (Å²) in [7, 11) is 0. The quantitative estimate of drug-likeness (QED) is 0.730. The highest BCUT2D eigenvalue weighted by molar-refractivity contribution is 5.91. The van der Waals surface area contributed by atoms with Crippen molar-refractivity contribution in [3.8, 4) is 5.75 Å². The Morgan fingerprint density at radius 1 is 1.50 bits per heavy atom. The largest absolute Gasteiger partial charge is 0.507 e. The smallest absolute Gasteiger partial charge is 0.339 e. The minimum atomic E-state index is -1.36. The summed E-state index contributed by atoms with van der Waals surface area (Å²) in [6, 6.07) is 1.40. The Bertz CT molecular complexity index is 443. The van der Waals surface area contributed by atoms with E-state index in [0.717, 1.165) is 25.0 Å². The first-order chi connectivity index (χ1) is 7.50. The van der Waals surface area contributed by atoms with Crippen LogP contribution in [0.15, 0.2) is 12.1 Å². The molecule has 0 saturated heterocycles. The highest BCUT2D eigenvalue weighted by Crippen LogP contribution is 2.42. The molecule has 1 saturated carbocycles. The number of carbonyl (C=O) groups is 1. The molecule has 5 heteroatoms. The number of halogens is 1. The van der Waals surface area contributed by atoms with Crippen LogP contribution >= 0.6 is 0 Å². The van der Waals surface area contributed by atoms with Crippen molar-refractivity contribution in [1.82, 2.24) is 0 Å². The van der Waals surface area contributed by atoms with E-state index in [-0.39, 0.29) is 11.5 Å². The van der Waals surface area contributed by atoms with Gasteiger partial charge in [-0.25, -0.2) is 9.18 Å². The van der Waals surface area contributed by atoms with Crippen molar-refractivity contribution in [2.45, 2.75) is 18.9 Å². The molecule has 0 bridgehead atoms. The topological polar surface area (TPSA) is 83.6 Å². The van der Waals surface area contributed by atoms with E-state index in [4.69, 9.17) is 10.8 Å². The molecule has 4 N–H and O–H groups in total. The number of carboxylic acids is 1. The molecule has 0 aromatic heterocycles. The average Bonchev–Trinajstić information content (AvgIpc) is 3.03. The molecule has 1 aromatic rings. The summed E-state index contributed by atoms with van der Waals surface area (Å²) in [5.74, 6) is -2.26. The molecule has 16 heavy (non-hydrogen) atoms. The van der Waals surface area contributed by atoms with Gasteiger partial charge in [-0.05, 0) is 30.9 Å². The second-order valence-corrected chi connectivity index (χ2v) is 4.06. The zero-order valence-electron chi connectivity index (χ0n) is 8.48. The molecule has 0 radical (unpaired) electrons. The van der Waals surface area contributed by atoms with Gasteiger partial charge in [0.15, 0.2) is 0 Å². The van der Waals surface area contributed by atoms with Gasteiger partial charge in [-0.1, -0.05) is 0 Å². The lowest BCUT2D eigenvalue weighted by atomic mass is 9.99. The Labute approximate surface area is 91.5 Å². The maximum Gasteiger partial charge on any atom is 0.339 e. The molecule has 2 rings (SSSR count). The summed E-state index contributed by atoms with van der Waals surface area (Å²) in [4.78, 5) is 10.8. The lowest BCUT2D eigenvalue weighted by Crippen LogP contribution is -2.14. The van der Waals surface area contributed by atoms with Gasteiger partial charge in [-0.15, -0.1) is 0 Å². The fourth-order valence-electron chi connectivity index (χ4n) is 1.75. The fourth-order valence-corrected chi connectivity index (χ4v) is 1.75. The van der Waals surface area contributed by atoms with E-state index in [9.17, 15) is 14.3 Å². The molecular formula is C11H12FNO3. The summed E-state index contributed by atoms with van der Waals surface area (Å²) < 4.78 is 13.2. The predicted octanol–water partition coefficient (Wildman–Crippen LogP) is 1.64. The zero-order chi connectivity index (χ0) is 11.9. The van der Waals surface area contributed by atoms with Gasteiger partial charge in [-0.2, -0.15) is 0 Å². The number of aromatic hydroxyl groups is 1. The minimum Gasteiger partial charge on any atom is -0.507 e. The predicted molar refractivity (Wildman–Crippen MR) is 54.7 cm³/mol. The fraction of sp³-hybridized carbons (Fsp3) is 0.364.